The van der Waals surface area contributed by atoms with E-state index in [-0.39, 0.29) is 11.8 Å². The van der Waals surface area contributed by atoms with E-state index in [0.717, 1.165) is 5.56 Å². The number of hydrogen-bond acceptors (Lipinski definition) is 6. The van der Waals surface area contributed by atoms with Gasteiger partial charge in [-0.1, -0.05) is 6.07 Å². The molecule has 0 radical (unpaired) electrons. The van der Waals surface area contributed by atoms with E-state index in [0.29, 0.717) is 24.4 Å². The maximum absolute atomic E-state index is 12.7. The van der Waals surface area contributed by atoms with Crippen molar-refractivity contribution in [3.8, 4) is 5.75 Å². The van der Waals surface area contributed by atoms with Crippen LogP contribution >= 0.6 is 0 Å². The highest BCUT2D eigenvalue weighted by atomic mass is 16.6. The summed E-state index contributed by atoms with van der Waals surface area (Å²) < 4.78 is 16.3. The first-order valence-corrected chi connectivity index (χ1v) is 10.6. The van der Waals surface area contributed by atoms with E-state index in [2.05, 4.69) is 10.6 Å². The molecule has 0 bridgehead atoms. The number of benzene rings is 1. The van der Waals surface area contributed by atoms with Gasteiger partial charge in [0.15, 0.2) is 0 Å². The van der Waals surface area contributed by atoms with Crippen molar-refractivity contribution < 1.29 is 28.6 Å². The molecule has 2 N–H and O–H groups in total. The first kappa shape index (κ1) is 25.3. The summed E-state index contributed by atoms with van der Waals surface area (Å²) in [6.45, 7) is 11.0. The molecule has 0 aliphatic carbocycles. The van der Waals surface area contributed by atoms with Gasteiger partial charge in [0.25, 0.3) is 0 Å². The standard InChI is InChI=1S/C23H35N3O6/c1-22(2,3)31-20(28)25-16-10-9-14(12-18(16)30-8)15-11-17(19(27)24-7)26(13-15)21(29)32-23(4,5)6/h9-10,12,15,17H,11,13H2,1-8H3,(H,24,27)(H,25,28). The van der Waals surface area contributed by atoms with Crippen molar-refractivity contribution in [1.29, 1.82) is 0 Å². The van der Waals surface area contributed by atoms with Crippen molar-refractivity contribution in [2.24, 2.45) is 0 Å². The lowest BCUT2D eigenvalue weighted by atomic mass is 9.95. The molecule has 178 valence electrons. The van der Waals surface area contributed by atoms with Crippen LogP contribution in [0.3, 0.4) is 0 Å². The van der Waals surface area contributed by atoms with Crippen LogP contribution in [0.25, 0.3) is 0 Å². The fourth-order valence-electron chi connectivity index (χ4n) is 3.49. The molecule has 1 aromatic rings. The average Bonchev–Trinajstić information content (AvgIpc) is 3.10. The van der Waals surface area contributed by atoms with E-state index in [1.807, 2.05) is 6.07 Å². The summed E-state index contributed by atoms with van der Waals surface area (Å²) in [6.07, 6.45) is -0.662. The van der Waals surface area contributed by atoms with Gasteiger partial charge in [-0.05, 0) is 65.7 Å². The topological polar surface area (TPSA) is 106 Å². The van der Waals surface area contributed by atoms with E-state index >= 15 is 0 Å². The fourth-order valence-corrected chi connectivity index (χ4v) is 3.49. The van der Waals surface area contributed by atoms with Crippen LogP contribution in [0.2, 0.25) is 0 Å². The zero-order valence-electron chi connectivity index (χ0n) is 20.2. The van der Waals surface area contributed by atoms with Crippen LogP contribution in [0.4, 0.5) is 15.3 Å². The number of amides is 3. The molecule has 1 fully saturated rings. The average molecular weight is 450 g/mol. The van der Waals surface area contributed by atoms with Crippen LogP contribution in [0.15, 0.2) is 18.2 Å². The summed E-state index contributed by atoms with van der Waals surface area (Å²) in [5, 5.41) is 5.31. The molecule has 1 aromatic carbocycles. The number of ether oxygens (including phenoxy) is 3. The molecule has 0 saturated carbocycles. The van der Waals surface area contributed by atoms with Gasteiger partial charge in [0, 0.05) is 19.5 Å². The lowest BCUT2D eigenvalue weighted by Crippen LogP contribution is -2.46. The first-order valence-electron chi connectivity index (χ1n) is 10.6. The fraction of sp³-hybridized carbons (Fsp3) is 0.609. The summed E-state index contributed by atoms with van der Waals surface area (Å²) in [5.41, 5.74) is 0.0636. The highest BCUT2D eigenvalue weighted by molar-refractivity contribution is 5.88. The van der Waals surface area contributed by atoms with Crippen LogP contribution in [-0.4, -0.2) is 60.9 Å². The minimum atomic E-state index is -0.666. The Bertz CT molecular complexity index is 856. The number of anilines is 1. The number of carbonyl (C=O) groups excluding carboxylic acids is 3. The molecule has 2 atom stereocenters. The predicted molar refractivity (Wildman–Crippen MR) is 121 cm³/mol. The van der Waals surface area contributed by atoms with Gasteiger partial charge in [0.05, 0.1) is 12.8 Å². The Labute approximate surface area is 189 Å². The third-order valence-corrected chi connectivity index (χ3v) is 4.81. The number of hydrogen-bond donors (Lipinski definition) is 2. The zero-order valence-corrected chi connectivity index (χ0v) is 20.2. The van der Waals surface area contributed by atoms with E-state index < -0.39 is 29.4 Å². The first-order chi connectivity index (χ1) is 14.7. The summed E-state index contributed by atoms with van der Waals surface area (Å²) in [5.74, 6) is 0.114. The molecule has 1 aliphatic rings. The van der Waals surface area contributed by atoms with E-state index in [9.17, 15) is 14.4 Å². The van der Waals surface area contributed by atoms with Crippen molar-refractivity contribution in [3.05, 3.63) is 23.8 Å². The molecule has 0 aromatic heterocycles. The largest absolute Gasteiger partial charge is 0.495 e. The molecule has 1 aliphatic heterocycles. The normalized spacial score (nSPS) is 18.7. The van der Waals surface area contributed by atoms with Gasteiger partial charge in [-0.2, -0.15) is 0 Å². The van der Waals surface area contributed by atoms with Gasteiger partial charge in [0.1, 0.15) is 23.0 Å². The number of nitrogens with one attached hydrogen (secondary N) is 2. The molecular formula is C23H35N3O6. The molecule has 32 heavy (non-hydrogen) atoms. The SMILES string of the molecule is CNC(=O)C1CC(c2ccc(NC(=O)OC(C)(C)C)c(OC)c2)CN1C(=O)OC(C)(C)C. The number of likely N-dealkylation sites (N-methyl/N-ethyl adjacent to an activating group) is 1. The van der Waals surface area contributed by atoms with Gasteiger partial charge in [-0.25, -0.2) is 9.59 Å². The summed E-state index contributed by atoms with van der Waals surface area (Å²) in [4.78, 5) is 38.8. The highest BCUT2D eigenvalue weighted by Crippen LogP contribution is 2.36. The Morgan fingerprint density at radius 3 is 2.19 bits per heavy atom. The van der Waals surface area contributed by atoms with Crippen LogP contribution in [0, 0.1) is 0 Å². The Morgan fingerprint density at radius 2 is 1.66 bits per heavy atom. The van der Waals surface area contributed by atoms with E-state index in [1.165, 1.54) is 12.0 Å². The van der Waals surface area contributed by atoms with Crippen molar-refractivity contribution in [3.63, 3.8) is 0 Å². The molecule has 1 saturated heterocycles. The molecular weight excluding hydrogens is 414 g/mol. The molecule has 3 amide bonds. The van der Waals surface area contributed by atoms with Crippen molar-refractivity contribution >= 4 is 23.8 Å². The Balaban J connectivity index is 2.24. The number of rotatable bonds is 4. The van der Waals surface area contributed by atoms with Crippen LogP contribution < -0.4 is 15.4 Å². The highest BCUT2D eigenvalue weighted by Gasteiger charge is 2.41. The minimum Gasteiger partial charge on any atom is -0.495 e. The third kappa shape index (κ3) is 6.77. The molecule has 0 spiro atoms. The second-order valence-corrected chi connectivity index (χ2v) is 9.78. The van der Waals surface area contributed by atoms with Gasteiger partial charge in [0.2, 0.25) is 5.91 Å². The molecule has 9 nitrogen and oxygen atoms in total. The van der Waals surface area contributed by atoms with Gasteiger partial charge in [-0.3, -0.25) is 15.0 Å². The third-order valence-electron chi connectivity index (χ3n) is 4.81. The van der Waals surface area contributed by atoms with E-state index in [4.69, 9.17) is 14.2 Å². The Morgan fingerprint density at radius 1 is 1.03 bits per heavy atom. The molecule has 9 heteroatoms. The van der Waals surface area contributed by atoms with Crippen LogP contribution in [-0.2, 0) is 14.3 Å². The Kier molecular flexibility index (Phi) is 7.64. The number of likely N-dealkylation sites (tertiary alicyclic amines) is 1. The second-order valence-electron chi connectivity index (χ2n) is 9.78. The number of carbonyl (C=O) groups is 3. The smallest absolute Gasteiger partial charge is 0.412 e. The summed E-state index contributed by atoms with van der Waals surface area (Å²) >= 11 is 0. The summed E-state index contributed by atoms with van der Waals surface area (Å²) in [7, 11) is 3.05. The number of nitrogens with zero attached hydrogens (tertiary/aromatic N) is 1. The van der Waals surface area contributed by atoms with Crippen molar-refractivity contribution in [1.82, 2.24) is 10.2 Å². The predicted octanol–water partition coefficient (Wildman–Crippen LogP) is 3.88. The van der Waals surface area contributed by atoms with Gasteiger partial charge < -0.3 is 19.5 Å². The Hall–Kier alpha value is -2.97. The van der Waals surface area contributed by atoms with Gasteiger partial charge in [-0.15, -0.1) is 0 Å². The maximum Gasteiger partial charge on any atom is 0.412 e. The monoisotopic (exact) mass is 449 g/mol. The van der Waals surface area contributed by atoms with Crippen molar-refractivity contribution in [2.75, 3.05) is 26.0 Å². The van der Waals surface area contributed by atoms with Crippen LogP contribution in [0.5, 0.6) is 5.75 Å². The maximum atomic E-state index is 12.7. The molecule has 1 heterocycles. The second kappa shape index (κ2) is 9.67. The summed E-state index contributed by atoms with van der Waals surface area (Å²) in [6, 6.07) is 4.74. The molecule has 2 rings (SSSR count). The van der Waals surface area contributed by atoms with E-state index in [1.54, 1.807) is 60.7 Å². The minimum absolute atomic E-state index is 0.103. The lowest BCUT2D eigenvalue weighted by Gasteiger charge is -2.27. The lowest BCUT2D eigenvalue weighted by molar-refractivity contribution is -0.124. The molecule has 2 unspecified atom stereocenters. The van der Waals surface area contributed by atoms with Gasteiger partial charge >= 0.3 is 12.2 Å². The zero-order chi connectivity index (χ0) is 24.3. The van der Waals surface area contributed by atoms with Crippen molar-refractivity contribution in [2.45, 2.75) is 71.1 Å². The number of methoxy groups -OCH3 is 1. The van der Waals surface area contributed by atoms with Crippen LogP contribution in [0.1, 0.15) is 59.4 Å². The quantitative estimate of drug-likeness (QED) is 0.723.